The first-order valence-electron chi connectivity index (χ1n) is 5.12. The number of nitrogens with two attached hydrogens (primary N) is 1. The van der Waals surface area contributed by atoms with Crippen molar-refractivity contribution in [3.8, 4) is 0 Å². The lowest BCUT2D eigenvalue weighted by atomic mass is 9.93. The molecule has 64 valence electrons. The van der Waals surface area contributed by atoms with E-state index in [0.717, 1.165) is 11.8 Å². The molecule has 0 aromatic rings. The van der Waals surface area contributed by atoms with Gasteiger partial charge in [0.05, 0.1) is 0 Å². The van der Waals surface area contributed by atoms with Crippen molar-refractivity contribution < 1.29 is 0 Å². The van der Waals surface area contributed by atoms with Gasteiger partial charge in [0.25, 0.3) is 0 Å². The Labute approximate surface area is 69.4 Å². The smallest absolute Gasteiger partial charge is 0.00415 e. The lowest BCUT2D eigenvalue weighted by Crippen LogP contribution is -2.22. The SMILES string of the molecule is NC1CCCCC(C2CC2)C1. The number of hydrogen-bond acceptors (Lipinski definition) is 1. The molecule has 11 heavy (non-hydrogen) atoms. The van der Waals surface area contributed by atoms with Crippen molar-refractivity contribution in [2.24, 2.45) is 17.6 Å². The molecule has 2 rings (SSSR count). The molecular formula is C10H19N. The third-order valence-corrected chi connectivity index (χ3v) is 3.29. The molecule has 0 radical (unpaired) electrons. The van der Waals surface area contributed by atoms with Crippen LogP contribution in [0.3, 0.4) is 0 Å². The van der Waals surface area contributed by atoms with E-state index in [1.807, 2.05) is 0 Å². The van der Waals surface area contributed by atoms with Gasteiger partial charge in [-0.15, -0.1) is 0 Å². The Kier molecular flexibility index (Phi) is 2.17. The monoisotopic (exact) mass is 153 g/mol. The Hall–Kier alpha value is -0.0400. The van der Waals surface area contributed by atoms with E-state index in [-0.39, 0.29) is 0 Å². The van der Waals surface area contributed by atoms with Crippen LogP contribution in [0.15, 0.2) is 0 Å². The molecule has 2 fully saturated rings. The van der Waals surface area contributed by atoms with Crippen LogP contribution in [0.2, 0.25) is 0 Å². The second-order valence-electron chi connectivity index (χ2n) is 4.38. The predicted molar refractivity (Wildman–Crippen MR) is 47.3 cm³/mol. The van der Waals surface area contributed by atoms with Gasteiger partial charge in [0, 0.05) is 6.04 Å². The largest absolute Gasteiger partial charge is 0.328 e. The second-order valence-corrected chi connectivity index (χ2v) is 4.38. The minimum Gasteiger partial charge on any atom is -0.328 e. The van der Waals surface area contributed by atoms with Crippen LogP contribution in [0, 0.1) is 11.8 Å². The fourth-order valence-electron chi connectivity index (χ4n) is 2.43. The summed E-state index contributed by atoms with van der Waals surface area (Å²) in [7, 11) is 0. The molecule has 0 aliphatic heterocycles. The van der Waals surface area contributed by atoms with Crippen LogP contribution in [-0.2, 0) is 0 Å². The van der Waals surface area contributed by atoms with Gasteiger partial charge in [-0.2, -0.15) is 0 Å². The molecule has 0 bridgehead atoms. The van der Waals surface area contributed by atoms with Crippen LogP contribution >= 0.6 is 0 Å². The number of hydrogen-bond donors (Lipinski definition) is 1. The quantitative estimate of drug-likeness (QED) is 0.575. The van der Waals surface area contributed by atoms with Crippen molar-refractivity contribution in [3.63, 3.8) is 0 Å². The van der Waals surface area contributed by atoms with E-state index in [4.69, 9.17) is 5.73 Å². The van der Waals surface area contributed by atoms with Gasteiger partial charge in [0.2, 0.25) is 0 Å². The van der Waals surface area contributed by atoms with E-state index in [0.29, 0.717) is 6.04 Å². The minimum absolute atomic E-state index is 0.531. The first kappa shape index (κ1) is 7.60. The fraction of sp³-hybridized carbons (Fsp3) is 1.00. The van der Waals surface area contributed by atoms with E-state index in [1.54, 1.807) is 0 Å². The van der Waals surface area contributed by atoms with Gasteiger partial charge in [-0.1, -0.05) is 19.3 Å². The zero-order valence-electron chi connectivity index (χ0n) is 7.26. The maximum atomic E-state index is 5.99. The van der Waals surface area contributed by atoms with E-state index in [1.165, 1.54) is 44.9 Å². The molecule has 2 saturated carbocycles. The molecule has 1 nitrogen and oxygen atoms in total. The van der Waals surface area contributed by atoms with E-state index in [9.17, 15) is 0 Å². The van der Waals surface area contributed by atoms with Crippen molar-refractivity contribution in [2.45, 2.75) is 51.0 Å². The summed E-state index contributed by atoms with van der Waals surface area (Å²) in [6, 6.07) is 0.531. The van der Waals surface area contributed by atoms with Gasteiger partial charge >= 0.3 is 0 Å². The Morgan fingerprint density at radius 2 is 1.55 bits per heavy atom. The second kappa shape index (κ2) is 3.14. The zero-order valence-corrected chi connectivity index (χ0v) is 7.26. The standard InChI is InChI=1S/C10H19N/c11-10-4-2-1-3-9(7-10)8-5-6-8/h8-10H,1-7,11H2. The van der Waals surface area contributed by atoms with Crippen LogP contribution in [0.5, 0.6) is 0 Å². The maximum absolute atomic E-state index is 5.99. The summed E-state index contributed by atoms with van der Waals surface area (Å²) in [6.07, 6.45) is 9.89. The topological polar surface area (TPSA) is 26.0 Å². The first-order chi connectivity index (χ1) is 5.36. The zero-order chi connectivity index (χ0) is 7.68. The normalized spacial score (nSPS) is 40.1. The Morgan fingerprint density at radius 3 is 2.27 bits per heavy atom. The van der Waals surface area contributed by atoms with Crippen LogP contribution in [0.4, 0.5) is 0 Å². The van der Waals surface area contributed by atoms with Gasteiger partial charge < -0.3 is 5.73 Å². The first-order valence-corrected chi connectivity index (χ1v) is 5.12. The molecular weight excluding hydrogens is 134 g/mol. The average Bonchev–Trinajstić information content (AvgIpc) is 2.71. The van der Waals surface area contributed by atoms with Gasteiger partial charge in [0.15, 0.2) is 0 Å². The summed E-state index contributed by atoms with van der Waals surface area (Å²) >= 11 is 0. The molecule has 2 aliphatic carbocycles. The Balaban J connectivity index is 1.86. The molecule has 0 amide bonds. The van der Waals surface area contributed by atoms with E-state index < -0.39 is 0 Å². The maximum Gasteiger partial charge on any atom is 0.00415 e. The molecule has 0 aromatic heterocycles. The Morgan fingerprint density at radius 1 is 0.818 bits per heavy atom. The highest BCUT2D eigenvalue weighted by Gasteiger charge is 2.32. The third kappa shape index (κ3) is 1.96. The molecule has 0 aromatic carbocycles. The van der Waals surface area contributed by atoms with Crippen LogP contribution < -0.4 is 5.73 Å². The summed E-state index contributed by atoms with van der Waals surface area (Å²) in [5, 5.41) is 0. The summed E-state index contributed by atoms with van der Waals surface area (Å²) in [4.78, 5) is 0. The highest BCUT2D eigenvalue weighted by atomic mass is 14.6. The average molecular weight is 153 g/mol. The third-order valence-electron chi connectivity index (χ3n) is 3.29. The van der Waals surface area contributed by atoms with Crippen molar-refractivity contribution >= 4 is 0 Å². The Bertz CT molecular complexity index is 129. The van der Waals surface area contributed by atoms with Crippen molar-refractivity contribution in [3.05, 3.63) is 0 Å². The van der Waals surface area contributed by atoms with Crippen molar-refractivity contribution in [1.29, 1.82) is 0 Å². The van der Waals surface area contributed by atoms with Crippen molar-refractivity contribution in [2.75, 3.05) is 0 Å². The molecule has 2 N–H and O–H groups in total. The lowest BCUT2D eigenvalue weighted by Gasteiger charge is -2.15. The minimum atomic E-state index is 0.531. The fourth-order valence-corrected chi connectivity index (χ4v) is 2.43. The highest BCUT2D eigenvalue weighted by Crippen LogP contribution is 2.42. The van der Waals surface area contributed by atoms with Gasteiger partial charge in [-0.3, -0.25) is 0 Å². The summed E-state index contributed by atoms with van der Waals surface area (Å²) in [5.74, 6) is 2.09. The van der Waals surface area contributed by atoms with Gasteiger partial charge in [-0.25, -0.2) is 0 Å². The number of rotatable bonds is 1. The molecule has 2 unspecified atom stereocenters. The summed E-state index contributed by atoms with van der Waals surface area (Å²) in [5.41, 5.74) is 5.99. The highest BCUT2D eigenvalue weighted by molar-refractivity contribution is 4.85. The predicted octanol–water partition coefficient (Wildman–Crippen LogP) is 2.30. The van der Waals surface area contributed by atoms with Gasteiger partial charge in [-0.05, 0) is 37.5 Å². The molecule has 2 aliphatic rings. The van der Waals surface area contributed by atoms with E-state index in [2.05, 4.69) is 0 Å². The molecule has 0 saturated heterocycles. The lowest BCUT2D eigenvalue weighted by molar-refractivity contribution is 0.386. The van der Waals surface area contributed by atoms with Crippen molar-refractivity contribution in [1.82, 2.24) is 0 Å². The molecule has 0 heterocycles. The molecule has 0 spiro atoms. The van der Waals surface area contributed by atoms with E-state index >= 15 is 0 Å². The van der Waals surface area contributed by atoms with Gasteiger partial charge in [0.1, 0.15) is 0 Å². The van der Waals surface area contributed by atoms with Crippen LogP contribution in [0.25, 0.3) is 0 Å². The molecule has 1 heteroatoms. The van der Waals surface area contributed by atoms with Crippen LogP contribution in [0.1, 0.15) is 44.9 Å². The molecule has 2 atom stereocenters. The summed E-state index contributed by atoms with van der Waals surface area (Å²) in [6.45, 7) is 0. The van der Waals surface area contributed by atoms with Crippen LogP contribution in [-0.4, -0.2) is 6.04 Å². The summed E-state index contributed by atoms with van der Waals surface area (Å²) < 4.78 is 0.